The van der Waals surface area contributed by atoms with E-state index in [0.29, 0.717) is 0 Å². The van der Waals surface area contributed by atoms with Crippen molar-refractivity contribution in [3.8, 4) is 0 Å². The first-order chi connectivity index (χ1) is 11.0. The monoisotopic (exact) mass is 341 g/mol. The molecule has 0 aliphatic carbocycles. The Morgan fingerprint density at radius 2 is 2.09 bits per heavy atom. The molecule has 0 radical (unpaired) electrons. The maximum Gasteiger partial charge on any atom is 0.410 e. The molecule has 126 valence electrons. The van der Waals surface area contributed by atoms with Crippen LogP contribution in [-0.2, 0) is 19.0 Å². The summed E-state index contributed by atoms with van der Waals surface area (Å²) in [5, 5.41) is 9.37. The summed E-state index contributed by atoms with van der Waals surface area (Å²) < 4.78 is 34.5. The van der Waals surface area contributed by atoms with Gasteiger partial charge in [0.25, 0.3) is 10.1 Å². The minimum atomic E-state index is -3.92. The normalized spacial score (nSPS) is 21.2. The number of likely N-dealkylation sites (tertiary alicyclic amines) is 1. The molecule has 0 bridgehead atoms. The van der Waals surface area contributed by atoms with Gasteiger partial charge in [-0.05, 0) is 18.6 Å². The molecule has 1 fully saturated rings. The molecule has 1 aliphatic rings. The molecule has 0 spiro atoms. The minimum absolute atomic E-state index is 0.0350. The van der Waals surface area contributed by atoms with Crippen molar-refractivity contribution in [3.63, 3.8) is 0 Å². The van der Waals surface area contributed by atoms with Gasteiger partial charge >= 0.3 is 6.09 Å². The molecule has 8 heteroatoms. The molecular formula is C15H19NO6S. The molecule has 1 aliphatic heterocycles. The highest BCUT2D eigenvalue weighted by atomic mass is 32.2. The van der Waals surface area contributed by atoms with E-state index >= 15 is 0 Å². The second kappa shape index (κ2) is 7.58. The second-order valence-corrected chi connectivity index (χ2v) is 6.65. The van der Waals surface area contributed by atoms with Crippen LogP contribution >= 0.6 is 0 Å². The van der Waals surface area contributed by atoms with E-state index in [4.69, 9.17) is 8.92 Å². The number of aliphatic hydroxyl groups is 1. The third kappa shape index (κ3) is 4.31. The zero-order chi connectivity index (χ0) is 16.9. The summed E-state index contributed by atoms with van der Waals surface area (Å²) in [5.41, 5.74) is 0. The van der Waals surface area contributed by atoms with E-state index < -0.39 is 28.4 Å². The minimum Gasteiger partial charge on any atom is -0.445 e. The number of aliphatic hydroxyl groups excluding tert-OH is 1. The fourth-order valence-electron chi connectivity index (χ4n) is 2.38. The van der Waals surface area contributed by atoms with Crippen LogP contribution in [0.25, 0.3) is 0 Å². The lowest BCUT2D eigenvalue weighted by Gasteiger charge is -2.21. The Balaban J connectivity index is 2.05. The van der Waals surface area contributed by atoms with Crippen molar-refractivity contribution in [2.24, 2.45) is 0 Å². The first-order valence-electron chi connectivity index (χ1n) is 7.11. The molecule has 1 aromatic carbocycles. The van der Waals surface area contributed by atoms with Crippen LogP contribution in [0.4, 0.5) is 4.79 Å². The lowest BCUT2D eigenvalue weighted by molar-refractivity contribution is 0.0909. The Labute approximate surface area is 135 Å². The Hall–Kier alpha value is -1.90. The van der Waals surface area contributed by atoms with Crippen molar-refractivity contribution in [2.75, 3.05) is 19.8 Å². The van der Waals surface area contributed by atoms with Crippen LogP contribution in [0.2, 0.25) is 0 Å². The Morgan fingerprint density at radius 1 is 1.39 bits per heavy atom. The van der Waals surface area contributed by atoms with Crippen LogP contribution in [0, 0.1) is 0 Å². The van der Waals surface area contributed by atoms with Crippen molar-refractivity contribution in [3.05, 3.63) is 43.0 Å². The molecule has 23 heavy (non-hydrogen) atoms. The third-order valence-electron chi connectivity index (χ3n) is 3.44. The van der Waals surface area contributed by atoms with Crippen LogP contribution in [-0.4, -0.2) is 56.4 Å². The van der Waals surface area contributed by atoms with E-state index in [2.05, 4.69) is 6.58 Å². The van der Waals surface area contributed by atoms with Crippen molar-refractivity contribution in [1.82, 2.24) is 4.90 Å². The van der Waals surface area contributed by atoms with Crippen molar-refractivity contribution in [2.45, 2.75) is 23.5 Å². The molecule has 1 saturated heterocycles. The van der Waals surface area contributed by atoms with Crippen LogP contribution in [0.1, 0.15) is 6.42 Å². The molecule has 1 amide bonds. The lowest BCUT2D eigenvalue weighted by atomic mass is 10.2. The predicted octanol–water partition coefficient (Wildman–Crippen LogP) is 1.15. The first kappa shape index (κ1) is 17.5. The molecule has 0 unspecified atom stereocenters. The number of hydrogen-bond acceptors (Lipinski definition) is 6. The number of nitrogens with zero attached hydrogens (tertiary/aromatic N) is 1. The fourth-order valence-corrected chi connectivity index (χ4v) is 3.47. The van der Waals surface area contributed by atoms with E-state index in [-0.39, 0.29) is 31.1 Å². The highest BCUT2D eigenvalue weighted by molar-refractivity contribution is 7.86. The summed E-state index contributed by atoms with van der Waals surface area (Å²) >= 11 is 0. The molecule has 2 atom stereocenters. The second-order valence-electron chi connectivity index (χ2n) is 5.08. The number of amides is 1. The fraction of sp³-hybridized carbons (Fsp3) is 0.400. The van der Waals surface area contributed by atoms with Gasteiger partial charge in [-0.1, -0.05) is 30.9 Å². The maximum absolute atomic E-state index is 12.2. The van der Waals surface area contributed by atoms with Gasteiger partial charge in [0.2, 0.25) is 0 Å². The summed E-state index contributed by atoms with van der Waals surface area (Å²) in [6.45, 7) is 3.23. The Bertz CT molecular complexity index is 645. The predicted molar refractivity (Wildman–Crippen MR) is 82.2 cm³/mol. The van der Waals surface area contributed by atoms with E-state index in [1.807, 2.05) is 0 Å². The summed E-state index contributed by atoms with van der Waals surface area (Å²) in [7, 11) is -3.92. The molecule has 1 N–H and O–H groups in total. The van der Waals surface area contributed by atoms with Crippen LogP contribution in [0.3, 0.4) is 0 Å². The topological polar surface area (TPSA) is 93.1 Å². The zero-order valence-corrected chi connectivity index (χ0v) is 13.3. The third-order valence-corrected chi connectivity index (χ3v) is 4.82. The van der Waals surface area contributed by atoms with Crippen LogP contribution in [0.5, 0.6) is 0 Å². The largest absolute Gasteiger partial charge is 0.445 e. The van der Waals surface area contributed by atoms with Crippen molar-refractivity contribution in [1.29, 1.82) is 0 Å². The SMILES string of the molecule is C=CCOC(=O)N1C[C@H](OS(=O)(=O)c2ccccc2)C[C@H]1CO. The number of ether oxygens (including phenoxy) is 1. The van der Waals surface area contributed by atoms with Gasteiger partial charge in [-0.3, -0.25) is 4.18 Å². The lowest BCUT2D eigenvalue weighted by Crippen LogP contribution is -2.38. The molecule has 0 aromatic heterocycles. The van der Waals surface area contributed by atoms with Gasteiger partial charge in [0.15, 0.2) is 0 Å². The average Bonchev–Trinajstić information content (AvgIpc) is 2.95. The van der Waals surface area contributed by atoms with E-state index in [1.165, 1.54) is 23.1 Å². The standard InChI is InChI=1S/C15H19NO6S/c1-2-8-21-15(18)16-10-13(9-12(16)11-17)22-23(19,20)14-6-4-3-5-7-14/h2-7,12-13,17H,1,8-11H2/t12-,13+/m0/s1. The molecule has 1 heterocycles. The van der Waals surface area contributed by atoms with Crippen molar-refractivity contribution >= 4 is 16.2 Å². The number of carbonyl (C=O) groups excluding carboxylic acids is 1. The average molecular weight is 341 g/mol. The van der Waals surface area contributed by atoms with Crippen LogP contribution in [0.15, 0.2) is 47.9 Å². The van der Waals surface area contributed by atoms with Gasteiger partial charge in [-0.25, -0.2) is 4.79 Å². The molecular weight excluding hydrogens is 322 g/mol. The highest BCUT2D eigenvalue weighted by Crippen LogP contribution is 2.24. The first-order valence-corrected chi connectivity index (χ1v) is 8.52. The van der Waals surface area contributed by atoms with E-state index in [0.717, 1.165) is 0 Å². The van der Waals surface area contributed by atoms with Crippen molar-refractivity contribution < 1.29 is 27.2 Å². The maximum atomic E-state index is 12.2. The van der Waals surface area contributed by atoms with Gasteiger partial charge in [-0.2, -0.15) is 8.42 Å². The molecule has 1 aromatic rings. The van der Waals surface area contributed by atoms with Gasteiger partial charge in [0, 0.05) is 0 Å². The number of carbonyl (C=O) groups is 1. The molecule has 2 rings (SSSR count). The van der Waals surface area contributed by atoms with E-state index in [9.17, 15) is 18.3 Å². The van der Waals surface area contributed by atoms with Gasteiger partial charge in [0.1, 0.15) is 6.61 Å². The number of rotatable bonds is 6. The highest BCUT2D eigenvalue weighted by Gasteiger charge is 2.38. The van der Waals surface area contributed by atoms with Crippen LogP contribution < -0.4 is 0 Å². The van der Waals surface area contributed by atoms with Gasteiger partial charge in [0.05, 0.1) is 30.2 Å². The number of benzene rings is 1. The van der Waals surface area contributed by atoms with E-state index in [1.54, 1.807) is 18.2 Å². The van der Waals surface area contributed by atoms with Gasteiger partial charge in [-0.15, -0.1) is 0 Å². The Kier molecular flexibility index (Phi) is 5.75. The summed E-state index contributed by atoms with van der Waals surface area (Å²) in [6, 6.07) is 7.23. The summed E-state index contributed by atoms with van der Waals surface area (Å²) in [6.07, 6.45) is 0.280. The zero-order valence-electron chi connectivity index (χ0n) is 12.5. The molecule has 7 nitrogen and oxygen atoms in total. The smallest absolute Gasteiger partial charge is 0.410 e. The summed E-state index contributed by atoms with van der Waals surface area (Å²) in [5.74, 6) is 0. The summed E-state index contributed by atoms with van der Waals surface area (Å²) in [4.78, 5) is 13.2. The van der Waals surface area contributed by atoms with Gasteiger partial charge < -0.3 is 14.7 Å². The quantitative estimate of drug-likeness (QED) is 0.616. The Morgan fingerprint density at radius 3 is 2.70 bits per heavy atom. The molecule has 0 saturated carbocycles. The number of hydrogen-bond donors (Lipinski definition) is 1.